The first-order valence-electron chi connectivity index (χ1n) is 11.2. The lowest BCUT2D eigenvalue weighted by Gasteiger charge is -2.20. The summed E-state index contributed by atoms with van der Waals surface area (Å²) in [4.78, 5) is 24.5. The maximum absolute atomic E-state index is 16.0. The second-order valence-corrected chi connectivity index (χ2v) is 7.97. The molecule has 4 aromatic rings. The lowest BCUT2D eigenvalue weighted by atomic mass is 10.0. The largest absolute Gasteiger partial charge is 0.497 e. The van der Waals surface area contributed by atoms with Gasteiger partial charge in [0.05, 0.1) is 18.5 Å². The Morgan fingerprint density at radius 2 is 1.83 bits per heavy atom. The van der Waals surface area contributed by atoms with Crippen LogP contribution in [0.4, 0.5) is 26.5 Å². The third kappa shape index (κ3) is 4.03. The summed E-state index contributed by atoms with van der Waals surface area (Å²) in [5.41, 5.74) is 8.57. The molecule has 10 heteroatoms. The maximum atomic E-state index is 16.0. The molecule has 0 unspecified atom stereocenters. The van der Waals surface area contributed by atoms with Crippen molar-refractivity contribution in [3.05, 3.63) is 66.7 Å². The predicted molar refractivity (Wildman–Crippen MR) is 132 cm³/mol. The van der Waals surface area contributed by atoms with E-state index in [0.29, 0.717) is 47.9 Å². The van der Waals surface area contributed by atoms with E-state index >= 15 is 4.39 Å². The van der Waals surface area contributed by atoms with Gasteiger partial charge in [-0.05, 0) is 43.3 Å². The van der Waals surface area contributed by atoms with E-state index in [1.54, 1.807) is 59.3 Å². The van der Waals surface area contributed by atoms with Crippen molar-refractivity contribution in [1.82, 2.24) is 19.7 Å². The number of aromatic nitrogens is 4. The SMILES string of the molecule is CCn1cc(-c2cccc(N3CCN(c4ccc(OC)cc4)C3=O)c2F)c(-c2ccnc(N)n2)n1. The van der Waals surface area contributed by atoms with Crippen LogP contribution in [0.3, 0.4) is 0 Å². The second-order valence-electron chi connectivity index (χ2n) is 7.97. The molecule has 1 saturated heterocycles. The summed E-state index contributed by atoms with van der Waals surface area (Å²) in [5, 5.41) is 4.57. The second kappa shape index (κ2) is 9.05. The number of nitrogen functional groups attached to an aromatic ring is 1. The third-order valence-electron chi connectivity index (χ3n) is 5.95. The van der Waals surface area contributed by atoms with E-state index in [-0.39, 0.29) is 17.7 Å². The molecule has 9 nitrogen and oxygen atoms in total. The number of carbonyl (C=O) groups excluding carboxylic acids is 1. The van der Waals surface area contributed by atoms with Crippen molar-refractivity contribution < 1.29 is 13.9 Å². The van der Waals surface area contributed by atoms with Gasteiger partial charge in [-0.3, -0.25) is 14.5 Å². The summed E-state index contributed by atoms with van der Waals surface area (Å²) in [6.45, 7) is 3.33. The number of rotatable bonds is 6. The number of nitrogens with two attached hydrogens (primary N) is 1. The van der Waals surface area contributed by atoms with Gasteiger partial charge in [-0.25, -0.2) is 19.2 Å². The number of hydrogen-bond donors (Lipinski definition) is 1. The molecule has 0 saturated carbocycles. The van der Waals surface area contributed by atoms with Gasteiger partial charge in [0.15, 0.2) is 5.82 Å². The number of urea groups is 1. The fourth-order valence-electron chi connectivity index (χ4n) is 4.17. The molecule has 0 atom stereocenters. The zero-order valence-electron chi connectivity index (χ0n) is 19.3. The molecule has 5 rings (SSSR count). The number of benzene rings is 2. The number of halogens is 1. The van der Waals surface area contributed by atoms with Crippen LogP contribution in [-0.2, 0) is 6.54 Å². The Morgan fingerprint density at radius 3 is 2.54 bits per heavy atom. The highest BCUT2D eigenvalue weighted by atomic mass is 19.1. The number of carbonyl (C=O) groups is 1. The van der Waals surface area contributed by atoms with Crippen molar-refractivity contribution in [1.29, 1.82) is 0 Å². The Bertz CT molecular complexity index is 1390. The number of anilines is 3. The number of aryl methyl sites for hydroxylation is 1. The van der Waals surface area contributed by atoms with Crippen molar-refractivity contribution in [3.8, 4) is 28.3 Å². The normalized spacial score (nSPS) is 13.5. The van der Waals surface area contributed by atoms with Crippen LogP contribution >= 0.6 is 0 Å². The fourth-order valence-corrected chi connectivity index (χ4v) is 4.17. The highest BCUT2D eigenvalue weighted by molar-refractivity contribution is 6.06. The van der Waals surface area contributed by atoms with Gasteiger partial charge in [0.25, 0.3) is 0 Å². The molecule has 2 amide bonds. The van der Waals surface area contributed by atoms with Crippen LogP contribution in [0.1, 0.15) is 6.92 Å². The van der Waals surface area contributed by atoms with Gasteiger partial charge in [0.1, 0.15) is 11.4 Å². The minimum atomic E-state index is -0.503. The number of amides is 2. The van der Waals surface area contributed by atoms with Crippen LogP contribution in [0.2, 0.25) is 0 Å². The molecule has 0 aliphatic carbocycles. The average molecular weight is 474 g/mol. The molecule has 0 radical (unpaired) electrons. The molecule has 1 aliphatic rings. The number of ether oxygens (including phenoxy) is 1. The summed E-state index contributed by atoms with van der Waals surface area (Å²) < 4.78 is 22.9. The molecular weight excluding hydrogens is 449 g/mol. The summed E-state index contributed by atoms with van der Waals surface area (Å²) >= 11 is 0. The topological polar surface area (TPSA) is 102 Å². The molecule has 2 aromatic carbocycles. The lowest BCUT2D eigenvalue weighted by molar-refractivity contribution is 0.255. The van der Waals surface area contributed by atoms with Gasteiger partial charge in [-0.1, -0.05) is 12.1 Å². The van der Waals surface area contributed by atoms with Gasteiger partial charge >= 0.3 is 6.03 Å². The van der Waals surface area contributed by atoms with Gasteiger partial charge in [-0.15, -0.1) is 0 Å². The number of methoxy groups -OCH3 is 1. The van der Waals surface area contributed by atoms with Crippen molar-refractivity contribution in [2.45, 2.75) is 13.5 Å². The Morgan fingerprint density at radius 1 is 1.06 bits per heavy atom. The Hall–Kier alpha value is -4.47. The van der Waals surface area contributed by atoms with Crippen LogP contribution in [-0.4, -0.2) is 46.0 Å². The van der Waals surface area contributed by atoms with E-state index in [9.17, 15) is 4.79 Å². The molecule has 1 fully saturated rings. The van der Waals surface area contributed by atoms with Gasteiger partial charge in [-0.2, -0.15) is 5.10 Å². The van der Waals surface area contributed by atoms with Gasteiger partial charge in [0.2, 0.25) is 5.95 Å². The quantitative estimate of drug-likeness (QED) is 0.450. The predicted octanol–water partition coefficient (Wildman–Crippen LogP) is 4.20. The third-order valence-corrected chi connectivity index (χ3v) is 5.95. The summed E-state index contributed by atoms with van der Waals surface area (Å²) in [6, 6.07) is 13.6. The van der Waals surface area contributed by atoms with Gasteiger partial charge in [0, 0.05) is 48.8 Å². The van der Waals surface area contributed by atoms with Crippen molar-refractivity contribution in [2.75, 3.05) is 35.7 Å². The zero-order chi connectivity index (χ0) is 24.5. The van der Waals surface area contributed by atoms with E-state index in [1.807, 2.05) is 19.1 Å². The highest BCUT2D eigenvalue weighted by Gasteiger charge is 2.33. The van der Waals surface area contributed by atoms with Crippen molar-refractivity contribution in [2.24, 2.45) is 0 Å². The Balaban J connectivity index is 1.52. The summed E-state index contributed by atoms with van der Waals surface area (Å²) in [7, 11) is 1.59. The van der Waals surface area contributed by atoms with Crippen molar-refractivity contribution in [3.63, 3.8) is 0 Å². The molecule has 2 N–H and O–H groups in total. The molecule has 3 heterocycles. The van der Waals surface area contributed by atoms with E-state index in [1.165, 1.54) is 11.1 Å². The number of nitrogens with zero attached hydrogens (tertiary/aromatic N) is 6. The standard InChI is InChI=1S/C25H24FN7O2/c1-3-31-15-19(23(30-31)20-11-12-28-24(27)29-20)18-5-4-6-21(22(18)26)33-14-13-32(25(33)34)16-7-9-17(35-2)10-8-16/h4-12,15H,3,13-14H2,1-2H3,(H2,27,28,29). The average Bonchev–Trinajstić information content (AvgIpc) is 3.48. The fraction of sp³-hybridized carbons (Fsp3) is 0.200. The first-order valence-corrected chi connectivity index (χ1v) is 11.2. The van der Waals surface area contributed by atoms with E-state index in [0.717, 1.165) is 5.69 Å². The summed E-state index contributed by atoms with van der Waals surface area (Å²) in [6.07, 6.45) is 3.31. The Labute approximate surface area is 201 Å². The molecule has 178 valence electrons. The first-order chi connectivity index (χ1) is 17.0. The molecule has 1 aliphatic heterocycles. The molecule has 0 spiro atoms. The molecule has 0 bridgehead atoms. The van der Waals surface area contributed by atoms with Crippen molar-refractivity contribution >= 4 is 23.4 Å². The van der Waals surface area contributed by atoms with Crippen LogP contribution in [0.5, 0.6) is 5.75 Å². The van der Waals surface area contributed by atoms with Crippen LogP contribution < -0.4 is 20.3 Å². The monoisotopic (exact) mass is 473 g/mol. The smallest absolute Gasteiger partial charge is 0.329 e. The van der Waals surface area contributed by atoms with Crippen LogP contribution in [0.15, 0.2) is 60.9 Å². The number of hydrogen-bond acceptors (Lipinski definition) is 6. The van der Waals surface area contributed by atoms with E-state index in [2.05, 4.69) is 15.1 Å². The van der Waals surface area contributed by atoms with Gasteiger partial charge < -0.3 is 10.5 Å². The summed E-state index contributed by atoms with van der Waals surface area (Å²) in [5.74, 6) is 0.302. The minimum absolute atomic E-state index is 0.106. The Kier molecular flexibility index (Phi) is 5.77. The zero-order valence-corrected chi connectivity index (χ0v) is 19.3. The first kappa shape index (κ1) is 22.3. The molecular formula is C25H24FN7O2. The highest BCUT2D eigenvalue weighted by Crippen LogP contribution is 2.37. The molecule has 2 aromatic heterocycles. The van der Waals surface area contributed by atoms with E-state index < -0.39 is 5.82 Å². The lowest BCUT2D eigenvalue weighted by Crippen LogP contribution is -2.32. The van der Waals surface area contributed by atoms with Crippen LogP contribution in [0.25, 0.3) is 22.5 Å². The maximum Gasteiger partial charge on any atom is 0.329 e. The minimum Gasteiger partial charge on any atom is -0.497 e. The van der Waals surface area contributed by atoms with E-state index in [4.69, 9.17) is 10.5 Å². The molecule has 35 heavy (non-hydrogen) atoms. The van der Waals surface area contributed by atoms with Crippen LogP contribution in [0, 0.1) is 5.82 Å².